The lowest BCUT2D eigenvalue weighted by Crippen LogP contribution is -2.34. The topological polar surface area (TPSA) is 53.4 Å². The van der Waals surface area contributed by atoms with Crippen LogP contribution in [0.2, 0.25) is 0 Å². The van der Waals surface area contributed by atoms with Gasteiger partial charge in [0.1, 0.15) is 5.56 Å². The molecule has 1 N–H and O–H groups in total. The molecule has 2 rings (SSSR count). The molecule has 0 aromatic carbocycles. The van der Waals surface area contributed by atoms with Crippen LogP contribution in [-0.2, 0) is 0 Å². The molecule has 1 aliphatic heterocycles. The highest BCUT2D eigenvalue weighted by molar-refractivity contribution is 7.99. The molecule has 0 aliphatic carbocycles. The number of rotatable bonds is 2. The van der Waals surface area contributed by atoms with E-state index in [9.17, 15) is 9.18 Å². The second-order valence-electron chi connectivity index (χ2n) is 3.40. The van der Waals surface area contributed by atoms with Crippen LogP contribution in [0, 0.1) is 5.82 Å². The van der Waals surface area contributed by atoms with Crippen molar-refractivity contribution < 1.29 is 14.3 Å². The molecule has 16 heavy (non-hydrogen) atoms. The van der Waals surface area contributed by atoms with E-state index in [1.54, 1.807) is 16.7 Å². The first kappa shape index (κ1) is 11.2. The molecule has 0 amide bonds. The SMILES string of the molecule is O=C(O)c1ccnc(N2CCSCC2)c1F. The Morgan fingerprint density at radius 3 is 2.81 bits per heavy atom. The second-order valence-corrected chi connectivity index (χ2v) is 4.63. The van der Waals surface area contributed by atoms with Gasteiger partial charge in [-0.1, -0.05) is 0 Å². The quantitative estimate of drug-likeness (QED) is 0.851. The fraction of sp³-hybridized carbons (Fsp3) is 0.400. The molecule has 0 radical (unpaired) electrons. The Morgan fingerprint density at radius 2 is 2.19 bits per heavy atom. The van der Waals surface area contributed by atoms with Crippen LogP contribution in [-0.4, -0.2) is 40.7 Å². The number of pyridine rings is 1. The van der Waals surface area contributed by atoms with E-state index in [1.807, 2.05) is 0 Å². The van der Waals surface area contributed by atoms with Crippen molar-refractivity contribution in [2.75, 3.05) is 29.5 Å². The number of carboxylic acids is 1. The summed E-state index contributed by atoms with van der Waals surface area (Å²) >= 11 is 1.80. The predicted octanol–water partition coefficient (Wildman–Crippen LogP) is 1.47. The van der Waals surface area contributed by atoms with Gasteiger partial charge in [0.15, 0.2) is 11.6 Å². The molecular weight excluding hydrogens is 231 g/mol. The summed E-state index contributed by atoms with van der Waals surface area (Å²) in [6, 6.07) is 1.18. The van der Waals surface area contributed by atoms with Gasteiger partial charge in [0, 0.05) is 30.8 Å². The van der Waals surface area contributed by atoms with Gasteiger partial charge in [-0.05, 0) is 6.07 Å². The Kier molecular flexibility index (Phi) is 3.28. The molecule has 6 heteroatoms. The molecule has 1 fully saturated rings. The highest BCUT2D eigenvalue weighted by Gasteiger charge is 2.20. The highest BCUT2D eigenvalue weighted by Crippen LogP contribution is 2.22. The lowest BCUT2D eigenvalue weighted by atomic mass is 10.2. The zero-order chi connectivity index (χ0) is 11.5. The molecule has 1 aromatic heterocycles. The molecule has 1 saturated heterocycles. The average molecular weight is 242 g/mol. The van der Waals surface area contributed by atoms with Gasteiger partial charge in [-0.15, -0.1) is 0 Å². The van der Waals surface area contributed by atoms with Crippen LogP contribution in [0.1, 0.15) is 10.4 Å². The number of anilines is 1. The number of aromatic carboxylic acids is 1. The maximum absolute atomic E-state index is 13.8. The number of nitrogens with zero attached hydrogens (tertiary/aromatic N) is 2. The van der Waals surface area contributed by atoms with E-state index in [0.717, 1.165) is 11.5 Å². The third kappa shape index (κ3) is 2.11. The largest absolute Gasteiger partial charge is 0.478 e. The van der Waals surface area contributed by atoms with E-state index in [2.05, 4.69) is 4.98 Å². The Bertz CT molecular complexity index is 408. The number of thioether (sulfide) groups is 1. The van der Waals surface area contributed by atoms with Gasteiger partial charge in [-0.2, -0.15) is 11.8 Å². The number of halogens is 1. The number of carboxylic acid groups (broad SMARTS) is 1. The van der Waals surface area contributed by atoms with E-state index >= 15 is 0 Å². The average Bonchev–Trinajstić information content (AvgIpc) is 2.30. The third-order valence-electron chi connectivity index (χ3n) is 2.41. The fourth-order valence-electron chi connectivity index (χ4n) is 1.59. The van der Waals surface area contributed by atoms with E-state index < -0.39 is 11.8 Å². The summed E-state index contributed by atoms with van der Waals surface area (Å²) in [4.78, 5) is 16.5. The maximum atomic E-state index is 13.8. The molecule has 0 atom stereocenters. The van der Waals surface area contributed by atoms with Crippen molar-refractivity contribution in [3.05, 3.63) is 23.6 Å². The van der Waals surface area contributed by atoms with E-state index in [-0.39, 0.29) is 11.4 Å². The van der Waals surface area contributed by atoms with Crippen LogP contribution in [0.15, 0.2) is 12.3 Å². The van der Waals surface area contributed by atoms with Gasteiger partial charge < -0.3 is 10.0 Å². The second kappa shape index (κ2) is 4.69. The summed E-state index contributed by atoms with van der Waals surface area (Å²) in [5.74, 6) is -0.00810. The summed E-state index contributed by atoms with van der Waals surface area (Å²) in [6.45, 7) is 1.41. The Labute approximate surface area is 96.5 Å². The zero-order valence-corrected chi connectivity index (χ0v) is 9.34. The van der Waals surface area contributed by atoms with Gasteiger partial charge in [-0.25, -0.2) is 14.2 Å². The molecule has 0 bridgehead atoms. The van der Waals surface area contributed by atoms with Crippen molar-refractivity contribution in [3.8, 4) is 0 Å². The predicted molar refractivity (Wildman–Crippen MR) is 60.7 cm³/mol. The van der Waals surface area contributed by atoms with E-state index in [0.29, 0.717) is 13.1 Å². The minimum absolute atomic E-state index is 0.153. The smallest absolute Gasteiger partial charge is 0.338 e. The molecule has 4 nitrogen and oxygen atoms in total. The van der Waals surface area contributed by atoms with E-state index in [1.165, 1.54) is 12.3 Å². The number of hydrogen-bond donors (Lipinski definition) is 1. The van der Waals surface area contributed by atoms with Crippen molar-refractivity contribution in [2.45, 2.75) is 0 Å². The first-order chi connectivity index (χ1) is 7.70. The molecular formula is C10H11FN2O2S. The summed E-state index contributed by atoms with van der Waals surface area (Å²) in [6.07, 6.45) is 1.34. The Hall–Kier alpha value is -1.30. The normalized spacial score (nSPS) is 16.2. The molecule has 0 unspecified atom stereocenters. The van der Waals surface area contributed by atoms with Crippen LogP contribution in [0.25, 0.3) is 0 Å². The minimum Gasteiger partial charge on any atom is -0.478 e. The Balaban J connectivity index is 2.33. The van der Waals surface area contributed by atoms with Crippen molar-refractivity contribution in [3.63, 3.8) is 0 Å². The van der Waals surface area contributed by atoms with Crippen LogP contribution in [0.4, 0.5) is 10.2 Å². The van der Waals surface area contributed by atoms with Crippen LogP contribution >= 0.6 is 11.8 Å². The van der Waals surface area contributed by atoms with Crippen molar-refractivity contribution >= 4 is 23.5 Å². The fourth-order valence-corrected chi connectivity index (χ4v) is 2.50. The van der Waals surface area contributed by atoms with Crippen molar-refractivity contribution in [1.82, 2.24) is 4.98 Å². The van der Waals surface area contributed by atoms with Gasteiger partial charge in [-0.3, -0.25) is 0 Å². The van der Waals surface area contributed by atoms with Crippen LogP contribution in [0.3, 0.4) is 0 Å². The minimum atomic E-state index is -1.26. The standard InChI is InChI=1S/C10H11FN2O2S/c11-8-7(10(14)15)1-2-12-9(8)13-3-5-16-6-4-13/h1-2H,3-6H2,(H,14,15). The zero-order valence-electron chi connectivity index (χ0n) is 8.52. The van der Waals surface area contributed by atoms with Crippen molar-refractivity contribution in [1.29, 1.82) is 0 Å². The van der Waals surface area contributed by atoms with Gasteiger partial charge in [0.05, 0.1) is 0 Å². The summed E-state index contributed by atoms with van der Waals surface area (Å²) in [5, 5.41) is 8.80. The first-order valence-electron chi connectivity index (χ1n) is 4.90. The monoisotopic (exact) mass is 242 g/mol. The molecule has 2 heterocycles. The summed E-state index contributed by atoms with van der Waals surface area (Å²) in [7, 11) is 0. The van der Waals surface area contributed by atoms with Crippen molar-refractivity contribution in [2.24, 2.45) is 0 Å². The first-order valence-corrected chi connectivity index (χ1v) is 6.06. The molecule has 1 aromatic rings. The summed E-state index contributed by atoms with van der Waals surface area (Å²) < 4.78 is 13.8. The Morgan fingerprint density at radius 1 is 1.50 bits per heavy atom. The van der Waals surface area contributed by atoms with Crippen LogP contribution < -0.4 is 4.90 Å². The molecule has 1 aliphatic rings. The summed E-state index contributed by atoms with van der Waals surface area (Å²) in [5.41, 5.74) is -0.316. The van der Waals surface area contributed by atoms with Gasteiger partial charge in [0.2, 0.25) is 0 Å². The highest BCUT2D eigenvalue weighted by atomic mass is 32.2. The van der Waals surface area contributed by atoms with E-state index in [4.69, 9.17) is 5.11 Å². The third-order valence-corrected chi connectivity index (χ3v) is 3.35. The van der Waals surface area contributed by atoms with Gasteiger partial charge >= 0.3 is 5.97 Å². The number of aromatic nitrogens is 1. The molecule has 86 valence electrons. The van der Waals surface area contributed by atoms with Crippen LogP contribution in [0.5, 0.6) is 0 Å². The molecule has 0 saturated carbocycles. The maximum Gasteiger partial charge on any atom is 0.338 e. The number of carbonyl (C=O) groups is 1. The number of hydrogen-bond acceptors (Lipinski definition) is 4. The lowest BCUT2D eigenvalue weighted by molar-refractivity contribution is 0.0691. The van der Waals surface area contributed by atoms with Gasteiger partial charge in [0.25, 0.3) is 0 Å². The molecule has 0 spiro atoms. The lowest BCUT2D eigenvalue weighted by Gasteiger charge is -2.27.